The molecule has 0 aromatic carbocycles. The van der Waals surface area contributed by atoms with Crippen molar-refractivity contribution in [2.45, 2.75) is 25.3 Å². The van der Waals surface area contributed by atoms with E-state index in [1.807, 2.05) is 12.1 Å². The molecule has 1 aromatic heterocycles. The summed E-state index contributed by atoms with van der Waals surface area (Å²) in [6.45, 7) is 4.29. The molecule has 1 aliphatic rings. The van der Waals surface area contributed by atoms with Crippen molar-refractivity contribution in [3.63, 3.8) is 0 Å². The molecule has 6 nitrogen and oxygen atoms in total. The second-order valence-electron chi connectivity index (χ2n) is 5.60. The Balaban J connectivity index is 1.78. The van der Waals surface area contributed by atoms with Crippen LogP contribution >= 0.6 is 0 Å². The Labute approximate surface area is 132 Å². The molecule has 22 heavy (non-hydrogen) atoms. The minimum atomic E-state index is -0.00566. The summed E-state index contributed by atoms with van der Waals surface area (Å²) < 4.78 is 10.5. The zero-order valence-corrected chi connectivity index (χ0v) is 13.3. The van der Waals surface area contributed by atoms with Crippen molar-refractivity contribution in [3.05, 3.63) is 24.2 Å². The molecular weight excluding hydrogens is 282 g/mol. The predicted molar refractivity (Wildman–Crippen MR) is 84.6 cm³/mol. The van der Waals surface area contributed by atoms with Crippen LogP contribution in [0.25, 0.3) is 0 Å². The smallest absolute Gasteiger partial charge is 0.234 e. The Kier molecular flexibility index (Phi) is 7.42. The number of furan rings is 1. The fraction of sp³-hybridized carbons (Fsp3) is 0.688. The maximum atomic E-state index is 11.7. The van der Waals surface area contributed by atoms with Crippen molar-refractivity contribution in [3.8, 4) is 0 Å². The molecule has 1 aliphatic heterocycles. The first-order valence-corrected chi connectivity index (χ1v) is 8.05. The summed E-state index contributed by atoms with van der Waals surface area (Å²) in [5.41, 5.74) is 0. The molecule has 1 amide bonds. The van der Waals surface area contributed by atoms with E-state index in [1.54, 1.807) is 13.4 Å². The van der Waals surface area contributed by atoms with Crippen LogP contribution in [0.4, 0.5) is 0 Å². The summed E-state index contributed by atoms with van der Waals surface area (Å²) >= 11 is 0. The lowest BCUT2D eigenvalue weighted by molar-refractivity contribution is -0.120. The van der Waals surface area contributed by atoms with Gasteiger partial charge in [0.15, 0.2) is 0 Å². The summed E-state index contributed by atoms with van der Waals surface area (Å²) in [5, 5.41) is 6.05. The second-order valence-corrected chi connectivity index (χ2v) is 5.60. The highest BCUT2D eigenvalue weighted by Gasteiger charge is 2.24. The summed E-state index contributed by atoms with van der Waals surface area (Å²) in [4.78, 5) is 14.1. The van der Waals surface area contributed by atoms with Crippen molar-refractivity contribution in [2.24, 2.45) is 0 Å². The van der Waals surface area contributed by atoms with E-state index in [2.05, 4.69) is 15.5 Å². The van der Waals surface area contributed by atoms with Gasteiger partial charge in [-0.1, -0.05) is 6.42 Å². The van der Waals surface area contributed by atoms with Gasteiger partial charge in [-0.05, 0) is 38.1 Å². The fourth-order valence-electron chi connectivity index (χ4n) is 2.80. The van der Waals surface area contributed by atoms with E-state index in [0.717, 1.165) is 18.8 Å². The standard InChI is InChI=1S/C16H27N3O3/c1-21-11-7-18-16(20)13-17-12-14(15-6-5-10-22-15)19-8-3-2-4-9-19/h5-6,10,14,17H,2-4,7-9,11-13H2,1H3,(H,18,20)/t14-/m1/s1. The number of amides is 1. The lowest BCUT2D eigenvalue weighted by Crippen LogP contribution is -2.42. The number of nitrogens with zero attached hydrogens (tertiary/aromatic N) is 1. The fourth-order valence-corrected chi connectivity index (χ4v) is 2.80. The van der Waals surface area contributed by atoms with Gasteiger partial charge < -0.3 is 19.8 Å². The lowest BCUT2D eigenvalue weighted by atomic mass is 10.1. The molecule has 1 aromatic rings. The van der Waals surface area contributed by atoms with Gasteiger partial charge in [0.25, 0.3) is 0 Å². The first kappa shape index (κ1) is 17.0. The molecule has 1 saturated heterocycles. The molecule has 0 aliphatic carbocycles. The van der Waals surface area contributed by atoms with Gasteiger partial charge in [-0.3, -0.25) is 9.69 Å². The summed E-state index contributed by atoms with van der Waals surface area (Å²) in [5.74, 6) is 0.961. The molecule has 0 bridgehead atoms. The highest BCUT2D eigenvalue weighted by molar-refractivity contribution is 5.77. The average molecular weight is 309 g/mol. The topological polar surface area (TPSA) is 66.7 Å². The number of rotatable bonds is 9. The van der Waals surface area contributed by atoms with Crippen molar-refractivity contribution in [1.82, 2.24) is 15.5 Å². The summed E-state index contributed by atoms with van der Waals surface area (Å²) in [6.07, 6.45) is 5.48. The molecule has 0 saturated carbocycles. The lowest BCUT2D eigenvalue weighted by Gasteiger charge is -2.33. The number of carbonyl (C=O) groups excluding carboxylic acids is 1. The average Bonchev–Trinajstić information content (AvgIpc) is 3.07. The van der Waals surface area contributed by atoms with Crippen molar-refractivity contribution < 1.29 is 13.9 Å². The molecular formula is C16H27N3O3. The van der Waals surface area contributed by atoms with E-state index in [-0.39, 0.29) is 11.9 Å². The first-order valence-electron chi connectivity index (χ1n) is 8.05. The third kappa shape index (κ3) is 5.44. The normalized spacial score (nSPS) is 17.3. The summed E-state index contributed by atoms with van der Waals surface area (Å²) in [6, 6.07) is 4.13. The predicted octanol–water partition coefficient (Wildman–Crippen LogP) is 1.16. The number of hydrogen-bond acceptors (Lipinski definition) is 5. The van der Waals surface area contributed by atoms with Gasteiger partial charge in [0, 0.05) is 20.2 Å². The van der Waals surface area contributed by atoms with Crippen LogP contribution in [0, 0.1) is 0 Å². The molecule has 2 N–H and O–H groups in total. The molecule has 2 rings (SSSR count). The number of methoxy groups -OCH3 is 1. The molecule has 0 unspecified atom stereocenters. The number of nitrogens with one attached hydrogen (secondary N) is 2. The number of piperidine rings is 1. The van der Waals surface area contributed by atoms with Gasteiger partial charge in [0.05, 0.1) is 25.5 Å². The van der Waals surface area contributed by atoms with Gasteiger partial charge in [0.1, 0.15) is 5.76 Å². The van der Waals surface area contributed by atoms with E-state index in [0.29, 0.717) is 26.2 Å². The Bertz CT molecular complexity index is 416. The number of carbonyl (C=O) groups is 1. The van der Waals surface area contributed by atoms with Crippen molar-refractivity contribution in [1.29, 1.82) is 0 Å². The van der Waals surface area contributed by atoms with Gasteiger partial charge in [0.2, 0.25) is 5.91 Å². The molecule has 124 valence electrons. The van der Waals surface area contributed by atoms with E-state index in [9.17, 15) is 4.79 Å². The zero-order chi connectivity index (χ0) is 15.6. The monoisotopic (exact) mass is 309 g/mol. The molecule has 6 heteroatoms. The maximum absolute atomic E-state index is 11.7. The Morgan fingerprint density at radius 1 is 1.41 bits per heavy atom. The third-order valence-electron chi connectivity index (χ3n) is 3.95. The van der Waals surface area contributed by atoms with Crippen LogP contribution in [-0.4, -0.2) is 57.2 Å². The first-order chi connectivity index (χ1) is 10.8. The number of hydrogen-bond donors (Lipinski definition) is 2. The second kappa shape index (κ2) is 9.61. The Hall–Kier alpha value is -1.37. The van der Waals surface area contributed by atoms with Crippen LogP contribution in [0.2, 0.25) is 0 Å². The minimum Gasteiger partial charge on any atom is -0.468 e. The van der Waals surface area contributed by atoms with Crippen LogP contribution in [0.15, 0.2) is 22.8 Å². The van der Waals surface area contributed by atoms with E-state index in [4.69, 9.17) is 9.15 Å². The molecule has 0 radical (unpaired) electrons. The summed E-state index contributed by atoms with van der Waals surface area (Å²) in [7, 11) is 1.62. The highest BCUT2D eigenvalue weighted by Crippen LogP contribution is 2.24. The highest BCUT2D eigenvalue weighted by atomic mass is 16.5. The minimum absolute atomic E-state index is 0.00566. The van der Waals surface area contributed by atoms with Crippen molar-refractivity contribution >= 4 is 5.91 Å². The maximum Gasteiger partial charge on any atom is 0.234 e. The third-order valence-corrected chi connectivity index (χ3v) is 3.95. The van der Waals surface area contributed by atoms with Crippen LogP contribution in [-0.2, 0) is 9.53 Å². The van der Waals surface area contributed by atoms with Gasteiger partial charge in [-0.15, -0.1) is 0 Å². The van der Waals surface area contributed by atoms with Crippen LogP contribution in [0.3, 0.4) is 0 Å². The van der Waals surface area contributed by atoms with E-state index in [1.165, 1.54) is 19.3 Å². The van der Waals surface area contributed by atoms with Gasteiger partial charge in [-0.25, -0.2) is 0 Å². The van der Waals surface area contributed by atoms with Gasteiger partial charge in [-0.2, -0.15) is 0 Å². The van der Waals surface area contributed by atoms with Crippen molar-refractivity contribution in [2.75, 3.05) is 46.4 Å². The Morgan fingerprint density at radius 2 is 2.23 bits per heavy atom. The van der Waals surface area contributed by atoms with Crippen LogP contribution < -0.4 is 10.6 Å². The zero-order valence-electron chi connectivity index (χ0n) is 13.3. The SMILES string of the molecule is COCCNC(=O)CNC[C@H](c1ccco1)N1CCCCC1. The number of ether oxygens (including phenoxy) is 1. The largest absolute Gasteiger partial charge is 0.468 e. The van der Waals surface area contributed by atoms with E-state index >= 15 is 0 Å². The van der Waals surface area contributed by atoms with E-state index < -0.39 is 0 Å². The quantitative estimate of drug-likeness (QED) is 0.670. The Morgan fingerprint density at radius 3 is 2.91 bits per heavy atom. The number of likely N-dealkylation sites (tertiary alicyclic amines) is 1. The van der Waals surface area contributed by atoms with Crippen LogP contribution in [0.1, 0.15) is 31.1 Å². The van der Waals surface area contributed by atoms with Crippen LogP contribution in [0.5, 0.6) is 0 Å². The molecule has 1 atom stereocenters. The molecule has 1 fully saturated rings. The molecule has 2 heterocycles. The van der Waals surface area contributed by atoms with Gasteiger partial charge >= 0.3 is 0 Å². The molecule has 0 spiro atoms.